The maximum absolute atomic E-state index is 12.0. The number of likely N-dealkylation sites (N-methyl/N-ethyl adjacent to an activating group) is 1. The van der Waals surface area contributed by atoms with E-state index in [2.05, 4.69) is 35.9 Å². The number of hydrogen-bond donors (Lipinski definition) is 1. The Morgan fingerprint density at radius 1 is 1.33 bits per heavy atom. The first kappa shape index (κ1) is 18.4. The van der Waals surface area contributed by atoms with Crippen LogP contribution in [0.15, 0.2) is 0 Å². The van der Waals surface area contributed by atoms with Gasteiger partial charge in [-0.1, -0.05) is 20.8 Å². The second-order valence-electron chi connectivity index (χ2n) is 5.68. The van der Waals surface area contributed by atoms with Gasteiger partial charge in [-0.05, 0) is 45.9 Å². The summed E-state index contributed by atoms with van der Waals surface area (Å²) in [6.07, 6.45) is 2.23. The monoisotopic (exact) mass is 299 g/mol. The van der Waals surface area contributed by atoms with Gasteiger partial charge in [0.25, 0.3) is 0 Å². The van der Waals surface area contributed by atoms with Crippen LogP contribution in [0.25, 0.3) is 0 Å². The van der Waals surface area contributed by atoms with Gasteiger partial charge in [-0.3, -0.25) is 14.6 Å². The lowest BCUT2D eigenvalue weighted by Crippen LogP contribution is -2.47. The third-order valence-corrected chi connectivity index (χ3v) is 4.23. The third-order valence-electron chi connectivity index (χ3n) is 4.23. The highest BCUT2D eigenvalue weighted by molar-refractivity contribution is 5.76. The molecule has 5 nitrogen and oxygen atoms in total. The number of likely N-dealkylation sites (tertiary alicyclic amines) is 1. The van der Waals surface area contributed by atoms with Gasteiger partial charge >= 0.3 is 5.97 Å². The maximum atomic E-state index is 12.0. The van der Waals surface area contributed by atoms with Crippen molar-refractivity contribution < 1.29 is 9.53 Å². The summed E-state index contributed by atoms with van der Waals surface area (Å²) in [5.74, 6) is -0.114. The molecular formula is C16H33N3O2. The van der Waals surface area contributed by atoms with Gasteiger partial charge in [0.1, 0.15) is 6.04 Å². The molecule has 21 heavy (non-hydrogen) atoms. The van der Waals surface area contributed by atoms with E-state index in [0.717, 1.165) is 45.7 Å². The fraction of sp³-hybridized carbons (Fsp3) is 0.938. The number of nitrogens with one attached hydrogen (secondary N) is 1. The van der Waals surface area contributed by atoms with Crippen molar-refractivity contribution in [1.29, 1.82) is 0 Å². The molecule has 5 heteroatoms. The lowest BCUT2D eigenvalue weighted by atomic mass is 10.2. The summed E-state index contributed by atoms with van der Waals surface area (Å²) in [6.45, 7) is 14.8. The second-order valence-corrected chi connectivity index (χ2v) is 5.68. The summed E-state index contributed by atoms with van der Waals surface area (Å²) < 4.78 is 5.19. The minimum absolute atomic E-state index is 0.114. The number of carbonyl (C=O) groups excluding carboxylic acids is 1. The van der Waals surface area contributed by atoms with E-state index < -0.39 is 0 Å². The Morgan fingerprint density at radius 2 is 2.05 bits per heavy atom. The molecule has 1 aliphatic heterocycles. The van der Waals surface area contributed by atoms with Gasteiger partial charge in [0, 0.05) is 19.1 Å². The first-order valence-corrected chi connectivity index (χ1v) is 8.52. The molecule has 2 unspecified atom stereocenters. The van der Waals surface area contributed by atoms with Gasteiger partial charge in [0.15, 0.2) is 0 Å². The molecule has 1 aliphatic rings. The van der Waals surface area contributed by atoms with Crippen molar-refractivity contribution in [1.82, 2.24) is 15.1 Å². The van der Waals surface area contributed by atoms with Gasteiger partial charge in [-0.15, -0.1) is 0 Å². The molecule has 1 rings (SSSR count). The Labute approximate surface area is 130 Å². The zero-order chi connectivity index (χ0) is 15.7. The number of rotatable bonds is 10. The molecule has 0 aliphatic carbocycles. The summed E-state index contributed by atoms with van der Waals surface area (Å²) in [4.78, 5) is 17.0. The number of ether oxygens (including phenoxy) is 1. The van der Waals surface area contributed by atoms with Crippen molar-refractivity contribution in [3.05, 3.63) is 0 Å². The Hall–Kier alpha value is -0.650. The lowest BCUT2D eigenvalue weighted by Gasteiger charge is -2.27. The summed E-state index contributed by atoms with van der Waals surface area (Å²) in [7, 11) is 0. The smallest absolute Gasteiger partial charge is 0.324 e. The minimum atomic E-state index is -0.194. The summed E-state index contributed by atoms with van der Waals surface area (Å²) in [6, 6.07) is 0.439. The minimum Gasteiger partial charge on any atom is -0.465 e. The fourth-order valence-electron chi connectivity index (χ4n) is 3.06. The number of esters is 1. The highest BCUT2D eigenvalue weighted by atomic mass is 16.5. The molecule has 1 heterocycles. The summed E-state index contributed by atoms with van der Waals surface area (Å²) in [5.41, 5.74) is 0. The number of carbonyl (C=O) groups is 1. The van der Waals surface area contributed by atoms with E-state index in [9.17, 15) is 4.79 Å². The average molecular weight is 299 g/mol. The van der Waals surface area contributed by atoms with Gasteiger partial charge in [0.2, 0.25) is 0 Å². The molecule has 1 N–H and O–H groups in total. The van der Waals surface area contributed by atoms with Crippen molar-refractivity contribution in [2.45, 2.75) is 52.6 Å². The van der Waals surface area contributed by atoms with Gasteiger partial charge < -0.3 is 10.1 Å². The van der Waals surface area contributed by atoms with Crippen LogP contribution in [0.1, 0.15) is 40.5 Å². The number of hydrogen-bond acceptors (Lipinski definition) is 5. The van der Waals surface area contributed by atoms with Crippen molar-refractivity contribution in [3.63, 3.8) is 0 Å². The second kappa shape index (κ2) is 10.1. The highest BCUT2D eigenvalue weighted by Crippen LogP contribution is 2.15. The molecule has 2 atom stereocenters. The molecule has 0 aromatic carbocycles. The van der Waals surface area contributed by atoms with E-state index in [1.807, 2.05) is 6.92 Å². The molecule has 124 valence electrons. The molecule has 0 aromatic rings. The molecular weight excluding hydrogens is 266 g/mol. The fourth-order valence-corrected chi connectivity index (χ4v) is 3.06. The molecule has 1 fully saturated rings. The van der Waals surface area contributed by atoms with Crippen LogP contribution in [-0.2, 0) is 9.53 Å². The molecule has 0 spiro atoms. The standard InChI is InChI=1S/C16H33N3O2/c1-5-10-17-15(16(20)21-8-4)13-18-11-9-14(12-18)19(6-2)7-3/h14-15,17H,5-13H2,1-4H3. The Morgan fingerprint density at radius 3 is 2.62 bits per heavy atom. The molecule has 0 saturated carbocycles. The average Bonchev–Trinajstić information content (AvgIpc) is 2.93. The zero-order valence-corrected chi connectivity index (χ0v) is 14.2. The van der Waals surface area contributed by atoms with Gasteiger partial charge in [-0.2, -0.15) is 0 Å². The number of nitrogens with zero attached hydrogens (tertiary/aromatic N) is 2. The van der Waals surface area contributed by atoms with Gasteiger partial charge in [0.05, 0.1) is 6.61 Å². The largest absolute Gasteiger partial charge is 0.465 e. The quantitative estimate of drug-likeness (QED) is 0.617. The first-order chi connectivity index (χ1) is 10.2. The van der Waals surface area contributed by atoms with Crippen molar-refractivity contribution in [2.24, 2.45) is 0 Å². The van der Waals surface area contributed by atoms with E-state index in [1.165, 1.54) is 6.42 Å². The molecule has 0 aromatic heterocycles. The Kier molecular flexibility index (Phi) is 8.88. The van der Waals surface area contributed by atoms with Crippen LogP contribution in [0.5, 0.6) is 0 Å². The van der Waals surface area contributed by atoms with E-state index in [0.29, 0.717) is 12.6 Å². The SMILES string of the molecule is CCCNC(CN1CCC(N(CC)CC)C1)C(=O)OCC. The van der Waals surface area contributed by atoms with E-state index in [1.54, 1.807) is 0 Å². The lowest BCUT2D eigenvalue weighted by molar-refractivity contribution is -0.146. The molecule has 0 radical (unpaired) electrons. The van der Waals surface area contributed by atoms with E-state index in [4.69, 9.17) is 4.74 Å². The topological polar surface area (TPSA) is 44.8 Å². The van der Waals surface area contributed by atoms with Crippen LogP contribution in [-0.4, -0.2) is 73.7 Å². The Bertz CT molecular complexity index is 295. The first-order valence-electron chi connectivity index (χ1n) is 8.52. The van der Waals surface area contributed by atoms with Crippen molar-refractivity contribution in [3.8, 4) is 0 Å². The van der Waals surface area contributed by atoms with Gasteiger partial charge in [-0.25, -0.2) is 0 Å². The van der Waals surface area contributed by atoms with Crippen LogP contribution in [0.4, 0.5) is 0 Å². The summed E-state index contributed by atoms with van der Waals surface area (Å²) >= 11 is 0. The summed E-state index contributed by atoms with van der Waals surface area (Å²) in [5, 5.41) is 3.32. The third kappa shape index (κ3) is 5.93. The molecule has 1 saturated heterocycles. The predicted molar refractivity (Wildman–Crippen MR) is 86.5 cm³/mol. The van der Waals surface area contributed by atoms with Crippen LogP contribution in [0, 0.1) is 0 Å². The Balaban J connectivity index is 2.49. The van der Waals surface area contributed by atoms with Crippen LogP contribution in [0.3, 0.4) is 0 Å². The molecule has 0 amide bonds. The normalized spacial score (nSPS) is 20.9. The van der Waals surface area contributed by atoms with E-state index in [-0.39, 0.29) is 12.0 Å². The van der Waals surface area contributed by atoms with Crippen molar-refractivity contribution >= 4 is 5.97 Å². The highest BCUT2D eigenvalue weighted by Gasteiger charge is 2.29. The van der Waals surface area contributed by atoms with Crippen LogP contribution >= 0.6 is 0 Å². The van der Waals surface area contributed by atoms with E-state index >= 15 is 0 Å². The van der Waals surface area contributed by atoms with Crippen LogP contribution < -0.4 is 5.32 Å². The van der Waals surface area contributed by atoms with Crippen LogP contribution in [0.2, 0.25) is 0 Å². The molecule has 0 bridgehead atoms. The predicted octanol–water partition coefficient (Wildman–Crippen LogP) is 1.33. The van der Waals surface area contributed by atoms with Crippen molar-refractivity contribution in [2.75, 3.05) is 45.9 Å². The maximum Gasteiger partial charge on any atom is 0.324 e. The zero-order valence-electron chi connectivity index (χ0n) is 14.2.